The van der Waals surface area contributed by atoms with Crippen molar-refractivity contribution in [2.75, 3.05) is 33.4 Å². The van der Waals surface area contributed by atoms with Crippen molar-refractivity contribution in [3.05, 3.63) is 29.8 Å². The van der Waals surface area contributed by atoms with Gasteiger partial charge >= 0.3 is 12.2 Å². The Labute approximate surface area is 126 Å². The average molecular weight is 320 g/mol. The molecule has 0 saturated carbocycles. The van der Waals surface area contributed by atoms with Crippen molar-refractivity contribution in [2.24, 2.45) is 0 Å². The molecule has 8 heteroatoms. The molecule has 0 aliphatic carbocycles. The Balaban J connectivity index is 2.08. The number of hydrogen-bond acceptors (Lipinski definition) is 3. The molecule has 0 spiro atoms. The minimum atomic E-state index is -4.35. The molecule has 0 bridgehead atoms. The number of nitrogens with one attached hydrogen (secondary N) is 2. The largest absolute Gasteiger partial charge is 0.497 e. The lowest BCUT2D eigenvalue weighted by Crippen LogP contribution is -2.38. The number of urea groups is 1. The summed E-state index contributed by atoms with van der Waals surface area (Å²) < 4.78 is 44.8. The highest BCUT2D eigenvalue weighted by molar-refractivity contribution is 5.73. The number of methoxy groups -OCH3 is 1. The third kappa shape index (κ3) is 8.35. The predicted molar refractivity (Wildman–Crippen MR) is 75.0 cm³/mol. The van der Waals surface area contributed by atoms with Crippen LogP contribution in [0.5, 0.6) is 5.75 Å². The van der Waals surface area contributed by atoms with Gasteiger partial charge in [-0.05, 0) is 24.1 Å². The molecule has 0 saturated heterocycles. The summed E-state index contributed by atoms with van der Waals surface area (Å²) in [7, 11) is 1.58. The molecule has 124 valence electrons. The first-order valence-corrected chi connectivity index (χ1v) is 6.70. The van der Waals surface area contributed by atoms with Gasteiger partial charge in [0.25, 0.3) is 0 Å². The number of carbonyl (C=O) groups excluding carboxylic acids is 1. The third-order valence-corrected chi connectivity index (χ3v) is 2.66. The van der Waals surface area contributed by atoms with Crippen LogP contribution in [-0.4, -0.2) is 45.6 Å². The number of benzene rings is 1. The van der Waals surface area contributed by atoms with Crippen molar-refractivity contribution in [3.8, 4) is 5.75 Å². The number of alkyl halides is 3. The van der Waals surface area contributed by atoms with Gasteiger partial charge in [0.05, 0.1) is 13.7 Å². The molecule has 22 heavy (non-hydrogen) atoms. The van der Waals surface area contributed by atoms with Gasteiger partial charge in [0, 0.05) is 13.1 Å². The van der Waals surface area contributed by atoms with Gasteiger partial charge < -0.3 is 20.1 Å². The summed E-state index contributed by atoms with van der Waals surface area (Å²) in [5.41, 5.74) is 1.04. The molecule has 1 aromatic rings. The molecule has 0 heterocycles. The topological polar surface area (TPSA) is 59.6 Å². The quantitative estimate of drug-likeness (QED) is 0.721. The Morgan fingerprint density at radius 2 is 1.77 bits per heavy atom. The molecule has 0 atom stereocenters. The van der Waals surface area contributed by atoms with Crippen molar-refractivity contribution in [1.82, 2.24) is 10.6 Å². The van der Waals surface area contributed by atoms with Crippen LogP contribution < -0.4 is 15.4 Å². The van der Waals surface area contributed by atoms with E-state index < -0.39 is 18.8 Å². The van der Waals surface area contributed by atoms with Crippen LogP contribution >= 0.6 is 0 Å². The lowest BCUT2D eigenvalue weighted by Gasteiger charge is -2.09. The molecule has 5 nitrogen and oxygen atoms in total. The zero-order valence-electron chi connectivity index (χ0n) is 12.2. The van der Waals surface area contributed by atoms with E-state index in [1.807, 2.05) is 24.3 Å². The third-order valence-electron chi connectivity index (χ3n) is 2.66. The molecule has 1 rings (SSSR count). The second-order valence-corrected chi connectivity index (χ2v) is 4.45. The average Bonchev–Trinajstić information content (AvgIpc) is 2.46. The van der Waals surface area contributed by atoms with E-state index in [2.05, 4.69) is 15.4 Å². The number of carbonyl (C=O) groups is 1. The monoisotopic (exact) mass is 320 g/mol. The standard InChI is InChI=1S/C14H19F3N2O3/c1-21-12-4-2-11(3-5-12)6-7-18-13(20)19-8-9-22-10-14(15,16)17/h2-5H,6-10H2,1H3,(H2,18,19,20). The Morgan fingerprint density at radius 1 is 1.14 bits per heavy atom. The van der Waals surface area contributed by atoms with E-state index in [0.29, 0.717) is 13.0 Å². The van der Waals surface area contributed by atoms with Crippen LogP contribution in [0, 0.1) is 0 Å². The first-order chi connectivity index (χ1) is 10.4. The molecule has 2 amide bonds. The van der Waals surface area contributed by atoms with Crippen molar-refractivity contribution >= 4 is 6.03 Å². The first-order valence-electron chi connectivity index (χ1n) is 6.70. The van der Waals surface area contributed by atoms with Crippen LogP contribution in [0.25, 0.3) is 0 Å². The second kappa shape index (κ2) is 9.14. The number of rotatable bonds is 8. The Hall–Kier alpha value is -1.96. The summed E-state index contributed by atoms with van der Waals surface area (Å²) in [6, 6.07) is 7.00. The second-order valence-electron chi connectivity index (χ2n) is 4.45. The fourth-order valence-electron chi connectivity index (χ4n) is 1.60. The van der Waals surface area contributed by atoms with Crippen LogP contribution in [0.15, 0.2) is 24.3 Å². The van der Waals surface area contributed by atoms with Gasteiger partial charge in [-0.25, -0.2) is 4.79 Å². The van der Waals surface area contributed by atoms with Gasteiger partial charge in [0.2, 0.25) is 0 Å². The van der Waals surface area contributed by atoms with Crippen LogP contribution in [-0.2, 0) is 11.2 Å². The zero-order valence-corrected chi connectivity index (χ0v) is 12.2. The molecular weight excluding hydrogens is 301 g/mol. The highest BCUT2D eigenvalue weighted by Crippen LogP contribution is 2.14. The Kier molecular flexibility index (Phi) is 7.51. The summed E-state index contributed by atoms with van der Waals surface area (Å²) in [5, 5.41) is 5.02. The normalized spacial score (nSPS) is 11.1. The van der Waals surface area contributed by atoms with Gasteiger partial charge in [-0.2, -0.15) is 13.2 Å². The van der Waals surface area contributed by atoms with Crippen LogP contribution in [0.2, 0.25) is 0 Å². The Bertz CT molecular complexity index is 450. The van der Waals surface area contributed by atoms with Gasteiger partial charge in [0.1, 0.15) is 12.4 Å². The summed E-state index contributed by atoms with van der Waals surface area (Å²) in [4.78, 5) is 11.4. The maximum Gasteiger partial charge on any atom is 0.411 e. The molecule has 2 N–H and O–H groups in total. The molecule has 0 aliphatic heterocycles. The first kappa shape index (κ1) is 18.1. The van der Waals surface area contributed by atoms with Gasteiger partial charge in [-0.1, -0.05) is 12.1 Å². The van der Waals surface area contributed by atoms with E-state index in [1.54, 1.807) is 7.11 Å². The number of hydrogen-bond donors (Lipinski definition) is 2. The minimum absolute atomic E-state index is 0.0183. The number of ether oxygens (including phenoxy) is 2. The van der Waals surface area contributed by atoms with Gasteiger partial charge in [0.15, 0.2) is 0 Å². The molecule has 1 aromatic carbocycles. The van der Waals surface area contributed by atoms with Crippen LogP contribution in [0.1, 0.15) is 5.56 Å². The van der Waals surface area contributed by atoms with Crippen molar-refractivity contribution in [3.63, 3.8) is 0 Å². The fraction of sp³-hybridized carbons (Fsp3) is 0.500. The lowest BCUT2D eigenvalue weighted by molar-refractivity contribution is -0.173. The smallest absolute Gasteiger partial charge is 0.411 e. The van der Waals surface area contributed by atoms with E-state index >= 15 is 0 Å². The molecular formula is C14H19F3N2O3. The maximum atomic E-state index is 11.8. The highest BCUT2D eigenvalue weighted by Gasteiger charge is 2.27. The van der Waals surface area contributed by atoms with E-state index in [-0.39, 0.29) is 13.2 Å². The van der Waals surface area contributed by atoms with E-state index in [1.165, 1.54) is 0 Å². The molecule has 0 fully saturated rings. The van der Waals surface area contributed by atoms with Gasteiger partial charge in [-0.15, -0.1) is 0 Å². The summed E-state index contributed by atoms with van der Waals surface area (Å²) in [6.07, 6.45) is -3.71. The SMILES string of the molecule is COc1ccc(CCNC(=O)NCCOCC(F)(F)F)cc1. The van der Waals surface area contributed by atoms with Crippen LogP contribution in [0.4, 0.5) is 18.0 Å². The molecule has 0 aromatic heterocycles. The lowest BCUT2D eigenvalue weighted by atomic mass is 10.1. The number of halogens is 3. The Morgan fingerprint density at radius 3 is 2.36 bits per heavy atom. The van der Waals surface area contributed by atoms with Gasteiger partial charge in [-0.3, -0.25) is 0 Å². The fourth-order valence-corrected chi connectivity index (χ4v) is 1.60. The van der Waals surface area contributed by atoms with E-state index in [4.69, 9.17) is 4.74 Å². The highest BCUT2D eigenvalue weighted by atomic mass is 19.4. The van der Waals surface area contributed by atoms with Crippen molar-refractivity contribution < 1.29 is 27.4 Å². The van der Waals surface area contributed by atoms with Crippen molar-refractivity contribution in [1.29, 1.82) is 0 Å². The number of amides is 2. The van der Waals surface area contributed by atoms with E-state index in [9.17, 15) is 18.0 Å². The van der Waals surface area contributed by atoms with Crippen molar-refractivity contribution in [2.45, 2.75) is 12.6 Å². The molecule has 0 aliphatic rings. The summed E-state index contributed by atoms with van der Waals surface area (Å²) in [6.45, 7) is -1.06. The summed E-state index contributed by atoms with van der Waals surface area (Å²) in [5.74, 6) is 0.758. The maximum absolute atomic E-state index is 11.8. The zero-order chi connectivity index (χ0) is 16.4. The van der Waals surface area contributed by atoms with E-state index in [0.717, 1.165) is 11.3 Å². The molecule has 0 unspecified atom stereocenters. The predicted octanol–water partition coefficient (Wildman–Crippen LogP) is 2.12. The molecule has 0 radical (unpaired) electrons. The van der Waals surface area contributed by atoms with Crippen LogP contribution in [0.3, 0.4) is 0 Å². The minimum Gasteiger partial charge on any atom is -0.497 e. The summed E-state index contributed by atoms with van der Waals surface area (Å²) >= 11 is 0.